The third-order valence-electron chi connectivity index (χ3n) is 2.67. The molecule has 3 rings (SSSR count). The van der Waals surface area contributed by atoms with Crippen LogP contribution in [0.2, 0.25) is 5.02 Å². The molecular formula is C13H10BrClN2OS. The minimum absolute atomic E-state index is 0.418. The normalized spacial score (nSPS) is 11.1. The SMILES string of the molecule is Clc1cc(CBr)ccc1OCc1cn2ccsc2n1. The molecule has 0 N–H and O–H groups in total. The van der Waals surface area contributed by atoms with Crippen molar-refractivity contribution in [3.8, 4) is 5.75 Å². The van der Waals surface area contributed by atoms with Crippen molar-refractivity contribution in [1.29, 1.82) is 0 Å². The van der Waals surface area contributed by atoms with Gasteiger partial charge in [-0.3, -0.25) is 4.40 Å². The van der Waals surface area contributed by atoms with Crippen LogP contribution in [0.25, 0.3) is 4.96 Å². The monoisotopic (exact) mass is 356 g/mol. The topological polar surface area (TPSA) is 26.5 Å². The number of hydrogen-bond acceptors (Lipinski definition) is 3. The van der Waals surface area contributed by atoms with Gasteiger partial charge in [-0.2, -0.15) is 0 Å². The number of rotatable bonds is 4. The van der Waals surface area contributed by atoms with Crippen LogP contribution in [0, 0.1) is 0 Å². The lowest BCUT2D eigenvalue weighted by molar-refractivity contribution is 0.302. The summed E-state index contributed by atoms with van der Waals surface area (Å²) in [4.78, 5) is 5.43. The Morgan fingerprint density at radius 3 is 3.05 bits per heavy atom. The molecule has 0 unspecified atom stereocenters. The van der Waals surface area contributed by atoms with E-state index in [4.69, 9.17) is 16.3 Å². The van der Waals surface area contributed by atoms with Crippen molar-refractivity contribution in [3.05, 3.63) is 52.3 Å². The van der Waals surface area contributed by atoms with Crippen molar-refractivity contribution < 1.29 is 4.74 Å². The van der Waals surface area contributed by atoms with Crippen molar-refractivity contribution >= 4 is 43.8 Å². The number of halogens is 2. The molecule has 0 aliphatic heterocycles. The first-order chi connectivity index (χ1) is 9.26. The van der Waals surface area contributed by atoms with Crippen LogP contribution in [0.3, 0.4) is 0 Å². The summed E-state index contributed by atoms with van der Waals surface area (Å²) >= 11 is 11.2. The van der Waals surface area contributed by atoms with E-state index >= 15 is 0 Å². The second kappa shape index (κ2) is 5.53. The molecule has 3 nitrogen and oxygen atoms in total. The first kappa shape index (κ1) is 13.0. The van der Waals surface area contributed by atoms with Crippen LogP contribution in [0.1, 0.15) is 11.3 Å². The number of hydrogen-bond donors (Lipinski definition) is 0. The fourth-order valence-corrected chi connectivity index (χ4v) is 3.07. The fourth-order valence-electron chi connectivity index (χ4n) is 1.74. The van der Waals surface area contributed by atoms with Crippen LogP contribution >= 0.6 is 38.9 Å². The molecule has 0 atom stereocenters. The summed E-state index contributed by atoms with van der Waals surface area (Å²) in [5, 5.41) is 3.41. The van der Waals surface area contributed by atoms with E-state index in [1.807, 2.05) is 40.4 Å². The maximum absolute atomic E-state index is 6.16. The molecule has 0 bridgehead atoms. The van der Waals surface area contributed by atoms with Crippen molar-refractivity contribution in [2.45, 2.75) is 11.9 Å². The lowest BCUT2D eigenvalue weighted by atomic mass is 10.2. The van der Waals surface area contributed by atoms with E-state index in [2.05, 4.69) is 20.9 Å². The molecule has 0 spiro atoms. The summed E-state index contributed by atoms with van der Waals surface area (Å²) < 4.78 is 7.69. The number of aromatic nitrogens is 2. The van der Waals surface area contributed by atoms with Gasteiger partial charge in [0.1, 0.15) is 12.4 Å². The minimum atomic E-state index is 0.418. The average molecular weight is 358 g/mol. The van der Waals surface area contributed by atoms with Crippen LogP contribution in [-0.2, 0) is 11.9 Å². The van der Waals surface area contributed by atoms with Crippen molar-refractivity contribution in [1.82, 2.24) is 9.38 Å². The largest absolute Gasteiger partial charge is 0.486 e. The summed E-state index contributed by atoms with van der Waals surface area (Å²) in [7, 11) is 0. The zero-order valence-corrected chi connectivity index (χ0v) is 13.0. The number of fused-ring (bicyclic) bond motifs is 1. The molecule has 0 aliphatic rings. The van der Waals surface area contributed by atoms with Gasteiger partial charge in [0, 0.05) is 23.1 Å². The Morgan fingerprint density at radius 2 is 2.32 bits per heavy atom. The number of thiazole rings is 1. The Morgan fingerprint density at radius 1 is 1.42 bits per heavy atom. The van der Waals surface area contributed by atoms with E-state index in [0.29, 0.717) is 17.4 Å². The molecule has 2 heterocycles. The molecule has 0 saturated carbocycles. The highest BCUT2D eigenvalue weighted by Gasteiger charge is 2.06. The summed E-state index contributed by atoms with van der Waals surface area (Å²) in [6.45, 7) is 0.418. The molecular weight excluding hydrogens is 348 g/mol. The Balaban J connectivity index is 1.73. The van der Waals surface area contributed by atoms with Crippen molar-refractivity contribution in [2.24, 2.45) is 0 Å². The zero-order valence-electron chi connectivity index (χ0n) is 9.85. The highest BCUT2D eigenvalue weighted by atomic mass is 79.9. The van der Waals surface area contributed by atoms with Gasteiger partial charge in [0.25, 0.3) is 0 Å². The molecule has 0 amide bonds. The van der Waals surface area contributed by atoms with E-state index in [1.54, 1.807) is 11.3 Å². The third-order valence-corrected chi connectivity index (χ3v) is 4.38. The molecule has 6 heteroatoms. The van der Waals surface area contributed by atoms with E-state index in [-0.39, 0.29) is 0 Å². The molecule has 0 saturated heterocycles. The van der Waals surface area contributed by atoms with E-state index in [9.17, 15) is 0 Å². The number of ether oxygens (including phenoxy) is 1. The van der Waals surface area contributed by atoms with E-state index < -0.39 is 0 Å². The Hall–Kier alpha value is -1.04. The van der Waals surface area contributed by atoms with Crippen LogP contribution < -0.4 is 4.74 Å². The van der Waals surface area contributed by atoms with Gasteiger partial charge in [0.2, 0.25) is 0 Å². The first-order valence-corrected chi connectivity index (χ1v) is 8.02. The maximum atomic E-state index is 6.16. The van der Waals surface area contributed by atoms with Crippen LogP contribution in [-0.4, -0.2) is 9.38 Å². The minimum Gasteiger partial charge on any atom is -0.486 e. The molecule has 1 aromatic carbocycles. The first-order valence-electron chi connectivity index (χ1n) is 5.64. The van der Waals surface area contributed by atoms with Gasteiger partial charge in [0.15, 0.2) is 4.96 Å². The highest BCUT2D eigenvalue weighted by Crippen LogP contribution is 2.27. The van der Waals surface area contributed by atoms with Gasteiger partial charge in [0.05, 0.1) is 10.7 Å². The quantitative estimate of drug-likeness (QED) is 0.642. The van der Waals surface area contributed by atoms with Gasteiger partial charge in [-0.05, 0) is 17.7 Å². The Kier molecular flexibility index (Phi) is 3.77. The number of nitrogens with zero attached hydrogens (tertiary/aromatic N) is 2. The Labute approximate surface area is 127 Å². The fraction of sp³-hybridized carbons (Fsp3) is 0.154. The molecule has 19 heavy (non-hydrogen) atoms. The molecule has 0 aliphatic carbocycles. The van der Waals surface area contributed by atoms with Crippen LogP contribution in [0.15, 0.2) is 36.0 Å². The summed E-state index contributed by atoms with van der Waals surface area (Å²) in [6, 6.07) is 5.77. The zero-order chi connectivity index (χ0) is 13.2. The number of alkyl halides is 1. The molecule has 98 valence electrons. The predicted molar refractivity (Wildman–Crippen MR) is 81.5 cm³/mol. The van der Waals surface area contributed by atoms with Gasteiger partial charge >= 0.3 is 0 Å². The number of benzene rings is 1. The standard InChI is InChI=1S/C13H10BrClN2OS/c14-6-9-1-2-12(11(15)5-9)18-8-10-7-17-3-4-19-13(17)16-10/h1-5,7H,6,8H2. The van der Waals surface area contributed by atoms with E-state index in [1.165, 1.54) is 0 Å². The molecule has 0 radical (unpaired) electrons. The van der Waals surface area contributed by atoms with Crippen LogP contribution in [0.4, 0.5) is 0 Å². The summed E-state index contributed by atoms with van der Waals surface area (Å²) in [5.41, 5.74) is 2.02. The van der Waals surface area contributed by atoms with Gasteiger partial charge in [-0.15, -0.1) is 11.3 Å². The molecule has 2 aromatic heterocycles. The smallest absolute Gasteiger partial charge is 0.193 e. The van der Waals surface area contributed by atoms with Gasteiger partial charge in [-0.1, -0.05) is 33.6 Å². The van der Waals surface area contributed by atoms with Crippen LogP contribution in [0.5, 0.6) is 5.75 Å². The second-order valence-electron chi connectivity index (χ2n) is 4.01. The van der Waals surface area contributed by atoms with Crippen molar-refractivity contribution in [3.63, 3.8) is 0 Å². The summed E-state index contributed by atoms with van der Waals surface area (Å²) in [5.74, 6) is 0.683. The Bertz CT molecular complexity index is 681. The van der Waals surface area contributed by atoms with Gasteiger partial charge < -0.3 is 4.74 Å². The molecule has 0 fully saturated rings. The average Bonchev–Trinajstić information content (AvgIpc) is 2.98. The number of imidazole rings is 1. The second-order valence-corrected chi connectivity index (χ2v) is 5.85. The molecule has 3 aromatic rings. The van der Waals surface area contributed by atoms with Gasteiger partial charge in [-0.25, -0.2) is 4.98 Å². The summed E-state index contributed by atoms with van der Waals surface area (Å²) in [6.07, 6.45) is 3.95. The van der Waals surface area contributed by atoms with Crippen molar-refractivity contribution in [2.75, 3.05) is 0 Å². The lowest BCUT2D eigenvalue weighted by Gasteiger charge is -2.07. The highest BCUT2D eigenvalue weighted by molar-refractivity contribution is 9.08. The predicted octanol–water partition coefficient (Wildman–Crippen LogP) is 4.52. The third kappa shape index (κ3) is 2.78. The maximum Gasteiger partial charge on any atom is 0.193 e. The lowest BCUT2D eigenvalue weighted by Crippen LogP contribution is -1.96. The van der Waals surface area contributed by atoms with E-state index in [0.717, 1.165) is 21.5 Å².